The number of aromatic nitrogens is 1. The summed E-state index contributed by atoms with van der Waals surface area (Å²) in [4.78, 5) is 9.73. The van der Waals surface area contributed by atoms with E-state index in [0.717, 1.165) is 17.7 Å². The summed E-state index contributed by atoms with van der Waals surface area (Å²) in [6, 6.07) is 5.04. The highest BCUT2D eigenvalue weighted by atomic mass is 35.5. The minimum Gasteiger partial charge on any atom is -0.357 e. The number of hydrogen-bond donors (Lipinski definition) is 1. The molecule has 0 aliphatic heterocycles. The van der Waals surface area contributed by atoms with Crippen LogP contribution in [0.25, 0.3) is 0 Å². The summed E-state index contributed by atoms with van der Waals surface area (Å²) < 4.78 is 28.5. The van der Waals surface area contributed by atoms with E-state index < -0.39 is 14.9 Å². The van der Waals surface area contributed by atoms with Crippen LogP contribution in [0.1, 0.15) is 5.56 Å². The van der Waals surface area contributed by atoms with E-state index in [1.807, 2.05) is 7.05 Å². The Hall–Kier alpha value is -1.90. The molecular weight excluding hydrogens is 318 g/mol. The fraction of sp³-hybridized carbons (Fsp3) is 0.167. The number of benzene rings is 1. The molecule has 1 N–H and O–H groups in total. The molecule has 0 spiro atoms. The van der Waals surface area contributed by atoms with E-state index in [0.29, 0.717) is 0 Å². The first-order chi connectivity index (χ1) is 9.79. The number of sulfonamides is 1. The number of rotatable bonds is 5. The van der Waals surface area contributed by atoms with Crippen LogP contribution in [0, 0.1) is 10.1 Å². The number of halogens is 1. The molecule has 2 rings (SSSR count). The Morgan fingerprint density at radius 2 is 2.10 bits per heavy atom. The summed E-state index contributed by atoms with van der Waals surface area (Å²) in [6.07, 6.45) is 3.54. The molecule has 2 aromatic rings. The quantitative estimate of drug-likeness (QED) is 0.671. The normalized spacial score (nSPS) is 11.5. The molecule has 21 heavy (non-hydrogen) atoms. The average molecular weight is 330 g/mol. The second-order valence-corrected chi connectivity index (χ2v) is 6.52. The Morgan fingerprint density at radius 1 is 1.38 bits per heavy atom. The van der Waals surface area contributed by atoms with E-state index in [-0.39, 0.29) is 22.2 Å². The minimum atomic E-state index is -3.93. The van der Waals surface area contributed by atoms with E-state index in [1.165, 1.54) is 6.07 Å². The van der Waals surface area contributed by atoms with Crippen molar-refractivity contribution >= 4 is 27.3 Å². The number of aryl methyl sites for hydroxylation is 1. The van der Waals surface area contributed by atoms with E-state index in [4.69, 9.17) is 11.6 Å². The Labute approximate surface area is 126 Å². The van der Waals surface area contributed by atoms with E-state index in [9.17, 15) is 18.5 Å². The third-order valence-electron chi connectivity index (χ3n) is 2.77. The van der Waals surface area contributed by atoms with Gasteiger partial charge in [0.1, 0.15) is 4.90 Å². The summed E-state index contributed by atoms with van der Waals surface area (Å²) >= 11 is 5.83. The number of non-ortho nitro benzene ring substituents is 1. The van der Waals surface area contributed by atoms with Gasteiger partial charge in [-0.3, -0.25) is 10.1 Å². The number of nitro groups is 1. The van der Waals surface area contributed by atoms with Crippen LogP contribution < -0.4 is 4.72 Å². The minimum absolute atomic E-state index is 0.0684. The molecule has 0 amide bonds. The maximum absolute atomic E-state index is 12.2. The van der Waals surface area contributed by atoms with E-state index in [1.54, 1.807) is 23.0 Å². The molecule has 112 valence electrons. The molecule has 0 unspecified atom stereocenters. The van der Waals surface area contributed by atoms with Crippen molar-refractivity contribution in [1.29, 1.82) is 0 Å². The third-order valence-corrected chi connectivity index (χ3v) is 4.66. The van der Waals surface area contributed by atoms with Crippen molar-refractivity contribution in [2.75, 3.05) is 0 Å². The zero-order valence-electron chi connectivity index (χ0n) is 11.0. The van der Waals surface area contributed by atoms with Crippen LogP contribution in [0.5, 0.6) is 0 Å². The van der Waals surface area contributed by atoms with Crippen molar-refractivity contribution in [2.24, 2.45) is 7.05 Å². The van der Waals surface area contributed by atoms with Crippen molar-refractivity contribution in [1.82, 2.24) is 9.29 Å². The van der Waals surface area contributed by atoms with Gasteiger partial charge in [0.15, 0.2) is 0 Å². The predicted octanol–water partition coefficient (Wildman–Crippen LogP) is 2.07. The Bertz CT molecular complexity index is 786. The van der Waals surface area contributed by atoms with Crippen LogP contribution in [-0.4, -0.2) is 17.9 Å². The monoisotopic (exact) mass is 329 g/mol. The fourth-order valence-electron chi connectivity index (χ4n) is 1.73. The van der Waals surface area contributed by atoms with Gasteiger partial charge in [0, 0.05) is 38.1 Å². The van der Waals surface area contributed by atoms with Crippen LogP contribution in [0.4, 0.5) is 5.69 Å². The lowest BCUT2D eigenvalue weighted by molar-refractivity contribution is -0.385. The summed E-state index contributed by atoms with van der Waals surface area (Å²) in [5, 5.41) is 10.6. The second-order valence-electron chi connectivity index (χ2n) is 4.38. The van der Waals surface area contributed by atoms with Crippen molar-refractivity contribution in [3.63, 3.8) is 0 Å². The SMILES string of the molecule is Cn1ccc(CNS(=O)(=O)c2cc([N+](=O)[O-])ccc2Cl)c1. The zero-order valence-corrected chi connectivity index (χ0v) is 12.6. The van der Waals surface area contributed by atoms with Crippen molar-refractivity contribution in [3.05, 3.63) is 57.4 Å². The van der Waals surface area contributed by atoms with Gasteiger partial charge >= 0.3 is 0 Å². The smallest absolute Gasteiger partial charge is 0.270 e. The molecule has 7 nitrogen and oxygen atoms in total. The molecule has 0 saturated heterocycles. The predicted molar refractivity (Wildman–Crippen MR) is 77.5 cm³/mol. The van der Waals surface area contributed by atoms with Gasteiger partial charge in [-0.25, -0.2) is 13.1 Å². The maximum atomic E-state index is 12.2. The molecule has 1 aromatic carbocycles. The molecular formula is C12H12ClN3O4S. The molecule has 0 aliphatic rings. The van der Waals surface area contributed by atoms with Gasteiger partial charge in [0.05, 0.1) is 9.95 Å². The largest absolute Gasteiger partial charge is 0.357 e. The Morgan fingerprint density at radius 3 is 2.67 bits per heavy atom. The molecule has 0 saturated carbocycles. The standard InChI is InChI=1S/C12H12ClN3O4S/c1-15-5-4-9(8-15)7-14-21(19,20)12-6-10(16(17)18)2-3-11(12)13/h2-6,8,14H,7H2,1H3. The van der Waals surface area contributed by atoms with Gasteiger partial charge in [-0.2, -0.15) is 0 Å². The van der Waals surface area contributed by atoms with Gasteiger partial charge < -0.3 is 4.57 Å². The number of hydrogen-bond acceptors (Lipinski definition) is 4. The Kier molecular flexibility index (Phi) is 4.31. The number of nitrogens with zero attached hydrogens (tertiary/aromatic N) is 2. The number of nitro benzene ring substituents is 1. The lowest BCUT2D eigenvalue weighted by Crippen LogP contribution is -2.23. The highest BCUT2D eigenvalue weighted by Crippen LogP contribution is 2.26. The molecule has 0 atom stereocenters. The topological polar surface area (TPSA) is 94.2 Å². The van der Waals surface area contributed by atoms with Gasteiger partial charge in [0.2, 0.25) is 10.0 Å². The fourth-order valence-corrected chi connectivity index (χ4v) is 3.27. The maximum Gasteiger partial charge on any atom is 0.270 e. The molecule has 0 fully saturated rings. The van der Waals surface area contributed by atoms with Crippen LogP contribution in [0.2, 0.25) is 5.02 Å². The molecule has 1 heterocycles. The Balaban J connectivity index is 2.26. The average Bonchev–Trinajstić information content (AvgIpc) is 2.82. The number of nitrogens with one attached hydrogen (secondary N) is 1. The first-order valence-electron chi connectivity index (χ1n) is 5.84. The van der Waals surface area contributed by atoms with Crippen LogP contribution in [-0.2, 0) is 23.6 Å². The van der Waals surface area contributed by atoms with Gasteiger partial charge in [0.25, 0.3) is 5.69 Å². The van der Waals surface area contributed by atoms with Crippen molar-refractivity contribution in [2.45, 2.75) is 11.4 Å². The molecule has 0 aliphatic carbocycles. The lowest BCUT2D eigenvalue weighted by atomic mass is 10.3. The summed E-state index contributed by atoms with van der Waals surface area (Å²) in [7, 11) is -2.12. The van der Waals surface area contributed by atoms with E-state index in [2.05, 4.69) is 4.72 Å². The highest BCUT2D eigenvalue weighted by Gasteiger charge is 2.21. The van der Waals surface area contributed by atoms with Crippen molar-refractivity contribution < 1.29 is 13.3 Å². The first-order valence-corrected chi connectivity index (χ1v) is 7.70. The molecule has 9 heteroatoms. The third kappa shape index (κ3) is 3.60. The van der Waals surface area contributed by atoms with Gasteiger partial charge in [-0.1, -0.05) is 11.6 Å². The summed E-state index contributed by atoms with van der Waals surface area (Å²) in [5.74, 6) is 0. The highest BCUT2D eigenvalue weighted by molar-refractivity contribution is 7.89. The van der Waals surface area contributed by atoms with Gasteiger partial charge in [-0.15, -0.1) is 0 Å². The van der Waals surface area contributed by atoms with Crippen molar-refractivity contribution in [3.8, 4) is 0 Å². The summed E-state index contributed by atoms with van der Waals surface area (Å²) in [5.41, 5.74) is 0.433. The molecule has 1 aromatic heterocycles. The lowest BCUT2D eigenvalue weighted by Gasteiger charge is -2.07. The van der Waals surface area contributed by atoms with Crippen LogP contribution in [0.15, 0.2) is 41.6 Å². The zero-order chi connectivity index (χ0) is 15.6. The van der Waals surface area contributed by atoms with Crippen LogP contribution >= 0.6 is 11.6 Å². The second kappa shape index (κ2) is 5.84. The summed E-state index contributed by atoms with van der Waals surface area (Å²) in [6.45, 7) is 0.0716. The van der Waals surface area contributed by atoms with E-state index >= 15 is 0 Å². The first kappa shape index (κ1) is 15.5. The van der Waals surface area contributed by atoms with Crippen LogP contribution in [0.3, 0.4) is 0 Å². The molecule has 0 radical (unpaired) electrons. The molecule has 0 bridgehead atoms. The van der Waals surface area contributed by atoms with Gasteiger partial charge in [-0.05, 0) is 17.7 Å².